The number of aryl methyl sites for hydroxylation is 1. The van der Waals surface area contributed by atoms with Crippen molar-refractivity contribution >= 4 is 39.8 Å². The highest BCUT2D eigenvalue weighted by Crippen LogP contribution is 2.26. The monoisotopic (exact) mass is 337 g/mol. The maximum atomic E-state index is 12.9. The van der Waals surface area contributed by atoms with E-state index in [1.807, 2.05) is 32.0 Å². The third-order valence-electron chi connectivity index (χ3n) is 4.27. The summed E-state index contributed by atoms with van der Waals surface area (Å²) in [5.41, 5.74) is 2.42. The zero-order valence-electron chi connectivity index (χ0n) is 14.4. The molecule has 3 aromatic rings. The molecule has 0 spiro atoms. The molecule has 0 radical (unpaired) electrons. The molecule has 0 amide bonds. The van der Waals surface area contributed by atoms with Crippen molar-refractivity contribution in [1.82, 2.24) is 9.55 Å². The van der Waals surface area contributed by atoms with E-state index in [0.29, 0.717) is 27.8 Å². The molecule has 2 aromatic heterocycles. The van der Waals surface area contributed by atoms with Crippen LogP contribution in [0.2, 0.25) is 0 Å². The average molecular weight is 337 g/mol. The van der Waals surface area contributed by atoms with Crippen LogP contribution in [0.15, 0.2) is 35.6 Å². The van der Waals surface area contributed by atoms with Crippen molar-refractivity contribution in [2.75, 3.05) is 19.0 Å². The lowest BCUT2D eigenvalue weighted by Crippen LogP contribution is -2.19. The fourth-order valence-electron chi connectivity index (χ4n) is 3.05. The van der Waals surface area contributed by atoms with E-state index in [1.165, 1.54) is 0 Å². The lowest BCUT2D eigenvalue weighted by molar-refractivity contribution is -0.137. The number of carboxylic acid groups (broad SMARTS) is 1. The summed E-state index contributed by atoms with van der Waals surface area (Å²) < 4.78 is 1.59. The molecule has 2 heterocycles. The molecule has 1 aromatic carbocycles. The summed E-state index contributed by atoms with van der Waals surface area (Å²) in [6, 6.07) is 7.03. The average Bonchev–Trinajstić information content (AvgIpc) is 2.57. The first kappa shape index (κ1) is 16.7. The summed E-state index contributed by atoms with van der Waals surface area (Å²) in [6.07, 6.45) is 1.65. The van der Waals surface area contributed by atoms with Crippen LogP contribution in [0, 0.1) is 6.92 Å². The fourth-order valence-corrected chi connectivity index (χ4v) is 3.05. The molecule has 0 bridgehead atoms. The number of aromatic nitrogens is 2. The smallest absolute Gasteiger partial charge is 0.323 e. The first-order chi connectivity index (χ1) is 11.8. The maximum absolute atomic E-state index is 12.9. The van der Waals surface area contributed by atoms with Crippen molar-refractivity contribution < 1.29 is 9.90 Å². The Morgan fingerprint density at radius 1 is 1.28 bits per heavy atom. The maximum Gasteiger partial charge on any atom is 0.323 e. The molecule has 0 saturated carbocycles. The van der Waals surface area contributed by atoms with Gasteiger partial charge in [-0.05, 0) is 30.7 Å². The molecule has 0 atom stereocenters. The number of pyridine rings is 2. The minimum absolute atomic E-state index is 0.160. The Hall–Kier alpha value is -3.15. The van der Waals surface area contributed by atoms with Crippen LogP contribution in [0.5, 0.6) is 0 Å². The van der Waals surface area contributed by atoms with Gasteiger partial charge < -0.3 is 14.6 Å². The van der Waals surface area contributed by atoms with Gasteiger partial charge in [-0.3, -0.25) is 9.59 Å². The molecule has 6 nitrogen and oxygen atoms in total. The van der Waals surface area contributed by atoms with E-state index in [2.05, 4.69) is 11.6 Å². The number of hydrogen-bond acceptors (Lipinski definition) is 4. The number of nitrogens with zero attached hydrogens (tertiary/aromatic N) is 3. The van der Waals surface area contributed by atoms with E-state index in [-0.39, 0.29) is 12.0 Å². The normalized spacial score (nSPS) is 11.0. The summed E-state index contributed by atoms with van der Waals surface area (Å²) in [6.45, 7) is 5.44. The second-order valence-electron chi connectivity index (χ2n) is 6.14. The van der Waals surface area contributed by atoms with E-state index in [9.17, 15) is 14.7 Å². The Kier molecular flexibility index (Phi) is 4.04. The van der Waals surface area contributed by atoms with Crippen molar-refractivity contribution in [2.45, 2.75) is 13.5 Å². The van der Waals surface area contributed by atoms with E-state index in [4.69, 9.17) is 0 Å². The van der Waals surface area contributed by atoms with Crippen LogP contribution in [0.4, 0.5) is 5.82 Å². The Morgan fingerprint density at radius 3 is 2.56 bits per heavy atom. The predicted octanol–water partition coefficient (Wildman–Crippen LogP) is 2.65. The molecular weight excluding hydrogens is 318 g/mol. The molecule has 0 saturated heterocycles. The second-order valence-corrected chi connectivity index (χ2v) is 6.14. The zero-order chi connectivity index (χ0) is 18.3. The fraction of sp³-hybridized carbons (Fsp3) is 0.211. The van der Waals surface area contributed by atoms with Gasteiger partial charge in [0.15, 0.2) is 5.43 Å². The Balaban J connectivity index is 2.61. The van der Waals surface area contributed by atoms with Crippen molar-refractivity contribution in [2.24, 2.45) is 0 Å². The van der Waals surface area contributed by atoms with E-state index < -0.39 is 5.97 Å². The SMILES string of the molecule is C=Cc1c(C)ccc2c(=O)c3ccc(N(C)C)nc3n(CC(=O)O)c12. The number of hydrogen-bond donors (Lipinski definition) is 1. The number of fused-ring (bicyclic) bond motifs is 2. The topological polar surface area (TPSA) is 75.4 Å². The van der Waals surface area contributed by atoms with Gasteiger partial charge in [-0.15, -0.1) is 0 Å². The predicted molar refractivity (Wildman–Crippen MR) is 100 cm³/mol. The van der Waals surface area contributed by atoms with Crippen LogP contribution < -0.4 is 10.3 Å². The highest BCUT2D eigenvalue weighted by Gasteiger charge is 2.17. The van der Waals surface area contributed by atoms with Gasteiger partial charge in [0, 0.05) is 25.0 Å². The summed E-state index contributed by atoms with van der Waals surface area (Å²) >= 11 is 0. The highest BCUT2D eigenvalue weighted by atomic mass is 16.4. The molecule has 0 aliphatic carbocycles. The van der Waals surface area contributed by atoms with E-state index >= 15 is 0 Å². The number of benzene rings is 1. The number of rotatable bonds is 4. The number of carbonyl (C=O) groups is 1. The molecule has 1 N–H and O–H groups in total. The lowest BCUT2D eigenvalue weighted by Gasteiger charge is -2.18. The van der Waals surface area contributed by atoms with Gasteiger partial charge >= 0.3 is 5.97 Å². The second kappa shape index (κ2) is 6.05. The van der Waals surface area contributed by atoms with Gasteiger partial charge in [0.2, 0.25) is 0 Å². The molecule has 6 heteroatoms. The molecule has 25 heavy (non-hydrogen) atoms. The Labute approximate surface area is 144 Å². The van der Waals surface area contributed by atoms with Crippen LogP contribution >= 0.6 is 0 Å². The largest absolute Gasteiger partial charge is 0.480 e. The third-order valence-corrected chi connectivity index (χ3v) is 4.27. The molecule has 0 aliphatic rings. The standard InChI is InChI=1S/C19H19N3O3/c1-5-12-11(2)6-7-13-17(12)22(10-16(23)24)19-14(18(13)25)8-9-15(20-19)21(3)4/h5-9H,1,10H2,2-4H3,(H,23,24). The summed E-state index contributed by atoms with van der Waals surface area (Å²) in [7, 11) is 3.68. The van der Waals surface area contributed by atoms with Crippen LogP contribution in [0.3, 0.4) is 0 Å². The quantitative estimate of drug-likeness (QED) is 0.741. The Morgan fingerprint density at radius 2 is 1.96 bits per heavy atom. The number of anilines is 1. The van der Waals surface area contributed by atoms with Crippen molar-refractivity contribution in [1.29, 1.82) is 0 Å². The van der Waals surface area contributed by atoms with Crippen LogP contribution in [-0.2, 0) is 11.3 Å². The molecule has 128 valence electrons. The summed E-state index contributed by atoms with van der Waals surface area (Å²) in [5.74, 6) is -0.349. The van der Waals surface area contributed by atoms with Gasteiger partial charge in [-0.1, -0.05) is 18.7 Å². The van der Waals surface area contributed by atoms with Crippen LogP contribution in [-0.4, -0.2) is 34.7 Å². The van der Waals surface area contributed by atoms with Gasteiger partial charge in [-0.25, -0.2) is 4.98 Å². The molecule has 0 fully saturated rings. The van der Waals surface area contributed by atoms with Crippen molar-refractivity contribution in [3.8, 4) is 0 Å². The van der Waals surface area contributed by atoms with Crippen LogP contribution in [0.25, 0.3) is 28.0 Å². The first-order valence-electron chi connectivity index (χ1n) is 7.83. The third kappa shape index (κ3) is 2.65. The molecule has 0 unspecified atom stereocenters. The summed E-state index contributed by atoms with van der Waals surface area (Å²) in [5, 5.41) is 10.3. The van der Waals surface area contributed by atoms with E-state index in [1.54, 1.807) is 28.8 Å². The number of carboxylic acids is 1. The van der Waals surface area contributed by atoms with Crippen molar-refractivity contribution in [3.63, 3.8) is 0 Å². The van der Waals surface area contributed by atoms with Gasteiger partial charge in [0.25, 0.3) is 0 Å². The van der Waals surface area contributed by atoms with Gasteiger partial charge in [-0.2, -0.15) is 0 Å². The summed E-state index contributed by atoms with van der Waals surface area (Å²) in [4.78, 5) is 30.8. The number of aliphatic carboxylic acids is 1. The highest BCUT2D eigenvalue weighted by molar-refractivity contribution is 5.97. The van der Waals surface area contributed by atoms with Gasteiger partial charge in [0.1, 0.15) is 18.0 Å². The van der Waals surface area contributed by atoms with Crippen molar-refractivity contribution in [3.05, 3.63) is 52.2 Å². The minimum atomic E-state index is -1.00. The Bertz CT molecular complexity index is 1080. The molecular formula is C19H19N3O3. The minimum Gasteiger partial charge on any atom is -0.480 e. The first-order valence-corrected chi connectivity index (χ1v) is 7.83. The van der Waals surface area contributed by atoms with Crippen LogP contribution in [0.1, 0.15) is 11.1 Å². The molecule has 0 aliphatic heterocycles. The van der Waals surface area contributed by atoms with Gasteiger partial charge in [0.05, 0.1) is 10.9 Å². The lowest BCUT2D eigenvalue weighted by atomic mass is 10.0. The molecule has 3 rings (SSSR count). The zero-order valence-corrected chi connectivity index (χ0v) is 14.4. The van der Waals surface area contributed by atoms with E-state index in [0.717, 1.165) is 11.1 Å².